The number of hydrogen-bond donors (Lipinski definition) is 1. The quantitative estimate of drug-likeness (QED) is 0.869. The van der Waals surface area contributed by atoms with E-state index in [0.717, 1.165) is 12.2 Å². The molecule has 0 aromatic carbocycles. The molecule has 0 bridgehead atoms. The van der Waals surface area contributed by atoms with Crippen molar-refractivity contribution in [3.63, 3.8) is 0 Å². The molecule has 1 aliphatic rings. The Morgan fingerprint density at radius 3 is 2.78 bits per heavy atom. The molecule has 1 amide bonds. The van der Waals surface area contributed by atoms with E-state index in [-0.39, 0.29) is 5.91 Å². The Balaban J connectivity index is 2.01. The van der Waals surface area contributed by atoms with Gasteiger partial charge in [-0.1, -0.05) is 6.92 Å². The zero-order valence-electron chi connectivity index (χ0n) is 11.4. The predicted molar refractivity (Wildman–Crippen MR) is 72.7 cm³/mol. The lowest BCUT2D eigenvalue weighted by Crippen LogP contribution is -2.23. The van der Waals surface area contributed by atoms with E-state index in [1.165, 1.54) is 19.3 Å². The van der Waals surface area contributed by atoms with Gasteiger partial charge in [-0.15, -0.1) is 0 Å². The van der Waals surface area contributed by atoms with Crippen LogP contribution < -0.4 is 5.32 Å². The summed E-state index contributed by atoms with van der Waals surface area (Å²) in [6, 6.07) is 3.74. The van der Waals surface area contributed by atoms with Gasteiger partial charge in [-0.05, 0) is 36.8 Å². The molecule has 0 atom stereocenters. The Hall–Kier alpha value is -1.58. The summed E-state index contributed by atoms with van der Waals surface area (Å²) in [4.78, 5) is 17.5. The number of carbonyl (C=O) groups excluding carboxylic acids is 1. The molecular weight excluding hydrogens is 226 g/mol. The number of pyridine rings is 1. The van der Waals surface area contributed by atoms with Crippen molar-refractivity contribution in [2.24, 2.45) is 5.41 Å². The molecule has 18 heavy (non-hydrogen) atoms. The molecule has 1 N–H and O–H groups in total. The van der Waals surface area contributed by atoms with E-state index < -0.39 is 0 Å². The van der Waals surface area contributed by atoms with Crippen LogP contribution in [-0.2, 0) is 0 Å². The van der Waals surface area contributed by atoms with Crippen molar-refractivity contribution >= 4 is 11.6 Å². The number of amides is 1. The van der Waals surface area contributed by atoms with Crippen LogP contribution in [-0.4, -0.2) is 36.4 Å². The van der Waals surface area contributed by atoms with Crippen LogP contribution in [0.25, 0.3) is 0 Å². The Bertz CT molecular complexity index is 438. The number of aromatic nitrogens is 1. The van der Waals surface area contributed by atoms with Crippen molar-refractivity contribution < 1.29 is 4.79 Å². The van der Waals surface area contributed by atoms with Crippen LogP contribution >= 0.6 is 0 Å². The molecule has 0 unspecified atom stereocenters. The molecule has 0 spiro atoms. The van der Waals surface area contributed by atoms with Crippen molar-refractivity contribution in [2.45, 2.75) is 26.2 Å². The topological polar surface area (TPSA) is 45.2 Å². The second-order valence-corrected chi connectivity index (χ2v) is 5.34. The second-order valence-electron chi connectivity index (χ2n) is 5.34. The van der Waals surface area contributed by atoms with E-state index in [1.54, 1.807) is 25.2 Å². The maximum Gasteiger partial charge on any atom is 0.272 e. The van der Waals surface area contributed by atoms with Crippen molar-refractivity contribution in [1.29, 1.82) is 0 Å². The second kappa shape index (κ2) is 4.96. The van der Waals surface area contributed by atoms with Gasteiger partial charge in [0.25, 0.3) is 5.91 Å². The van der Waals surface area contributed by atoms with Crippen LogP contribution in [0.4, 0.5) is 5.69 Å². The number of nitrogens with zero attached hydrogens (tertiary/aromatic N) is 2. The molecule has 0 aliphatic heterocycles. The van der Waals surface area contributed by atoms with Crippen LogP contribution in [0.3, 0.4) is 0 Å². The molecule has 2 rings (SSSR count). The van der Waals surface area contributed by atoms with Crippen molar-refractivity contribution in [2.75, 3.05) is 26.0 Å². The Morgan fingerprint density at radius 2 is 2.22 bits per heavy atom. The monoisotopic (exact) mass is 247 g/mol. The highest BCUT2D eigenvalue weighted by Crippen LogP contribution is 2.48. The third-order valence-corrected chi connectivity index (χ3v) is 3.76. The number of nitrogens with one attached hydrogen (secondary N) is 1. The lowest BCUT2D eigenvalue weighted by atomic mass is 10.0. The predicted octanol–water partition coefficient (Wildman–Crippen LogP) is 2.39. The number of hydrogen-bond acceptors (Lipinski definition) is 3. The number of anilines is 1. The van der Waals surface area contributed by atoms with Gasteiger partial charge in [0, 0.05) is 32.5 Å². The van der Waals surface area contributed by atoms with E-state index in [4.69, 9.17) is 0 Å². The Kier molecular flexibility index (Phi) is 3.55. The highest BCUT2D eigenvalue weighted by atomic mass is 16.2. The first-order valence-electron chi connectivity index (χ1n) is 6.48. The van der Waals surface area contributed by atoms with Crippen LogP contribution in [0, 0.1) is 5.41 Å². The van der Waals surface area contributed by atoms with Gasteiger partial charge in [0.2, 0.25) is 0 Å². The molecule has 4 nitrogen and oxygen atoms in total. The van der Waals surface area contributed by atoms with E-state index >= 15 is 0 Å². The molecule has 98 valence electrons. The molecule has 1 aliphatic carbocycles. The molecule has 1 heterocycles. The maximum absolute atomic E-state index is 11.8. The summed E-state index contributed by atoms with van der Waals surface area (Å²) in [5, 5.41) is 3.42. The zero-order chi connectivity index (χ0) is 13.2. The molecule has 4 heteroatoms. The zero-order valence-corrected chi connectivity index (χ0v) is 11.4. The third-order valence-electron chi connectivity index (χ3n) is 3.76. The van der Waals surface area contributed by atoms with Crippen LogP contribution in [0.2, 0.25) is 0 Å². The van der Waals surface area contributed by atoms with Gasteiger partial charge in [0.05, 0.1) is 0 Å². The van der Waals surface area contributed by atoms with Gasteiger partial charge in [-0.25, -0.2) is 0 Å². The normalized spacial score (nSPS) is 16.2. The van der Waals surface area contributed by atoms with Crippen molar-refractivity contribution in [3.8, 4) is 0 Å². The summed E-state index contributed by atoms with van der Waals surface area (Å²) in [5.41, 5.74) is 1.97. The van der Waals surface area contributed by atoms with E-state index in [1.807, 2.05) is 12.1 Å². The van der Waals surface area contributed by atoms with Crippen LogP contribution in [0.15, 0.2) is 18.3 Å². The summed E-state index contributed by atoms with van der Waals surface area (Å²) < 4.78 is 0. The Labute approximate surface area is 108 Å². The number of carbonyl (C=O) groups is 1. The van der Waals surface area contributed by atoms with Gasteiger partial charge in [0.1, 0.15) is 5.69 Å². The van der Waals surface area contributed by atoms with Crippen LogP contribution in [0.1, 0.15) is 36.7 Å². The van der Waals surface area contributed by atoms with Gasteiger partial charge < -0.3 is 10.2 Å². The van der Waals surface area contributed by atoms with E-state index in [2.05, 4.69) is 17.2 Å². The van der Waals surface area contributed by atoms with E-state index in [0.29, 0.717) is 11.1 Å². The highest BCUT2D eigenvalue weighted by molar-refractivity contribution is 5.92. The van der Waals surface area contributed by atoms with Crippen molar-refractivity contribution in [1.82, 2.24) is 9.88 Å². The first kappa shape index (κ1) is 12.9. The van der Waals surface area contributed by atoms with Gasteiger partial charge >= 0.3 is 0 Å². The fourth-order valence-corrected chi connectivity index (χ4v) is 2.01. The van der Waals surface area contributed by atoms with Crippen molar-refractivity contribution in [3.05, 3.63) is 24.0 Å². The maximum atomic E-state index is 11.8. The largest absolute Gasteiger partial charge is 0.384 e. The molecule has 1 fully saturated rings. The fraction of sp³-hybridized carbons (Fsp3) is 0.571. The lowest BCUT2D eigenvalue weighted by Gasteiger charge is -2.15. The summed E-state index contributed by atoms with van der Waals surface area (Å²) in [5.74, 6) is -0.0599. The number of rotatable bonds is 5. The minimum Gasteiger partial charge on any atom is -0.384 e. The minimum absolute atomic E-state index is 0.0599. The third kappa shape index (κ3) is 2.81. The molecule has 0 saturated heterocycles. The molecule has 0 radical (unpaired) electrons. The smallest absolute Gasteiger partial charge is 0.272 e. The minimum atomic E-state index is -0.0599. The Morgan fingerprint density at radius 1 is 1.50 bits per heavy atom. The first-order valence-corrected chi connectivity index (χ1v) is 6.48. The molecule has 1 aromatic rings. The average Bonchev–Trinajstić information content (AvgIpc) is 3.16. The van der Waals surface area contributed by atoms with E-state index in [9.17, 15) is 4.79 Å². The summed E-state index contributed by atoms with van der Waals surface area (Å²) in [7, 11) is 3.47. The van der Waals surface area contributed by atoms with Gasteiger partial charge in [-0.3, -0.25) is 9.78 Å². The SMILES string of the molecule is CCC1(CNc2ccnc(C(=O)N(C)C)c2)CC1. The molecule has 1 saturated carbocycles. The lowest BCUT2D eigenvalue weighted by molar-refractivity contribution is 0.0822. The summed E-state index contributed by atoms with van der Waals surface area (Å²) in [6.45, 7) is 3.23. The van der Waals surface area contributed by atoms with Crippen LogP contribution in [0.5, 0.6) is 0 Å². The molecule has 1 aromatic heterocycles. The summed E-state index contributed by atoms with van der Waals surface area (Å²) in [6.07, 6.45) is 5.52. The average molecular weight is 247 g/mol. The fourth-order valence-electron chi connectivity index (χ4n) is 2.01. The summed E-state index contributed by atoms with van der Waals surface area (Å²) >= 11 is 0. The molecular formula is C14H21N3O. The highest BCUT2D eigenvalue weighted by Gasteiger charge is 2.40. The van der Waals surface area contributed by atoms with Gasteiger partial charge in [-0.2, -0.15) is 0 Å². The van der Waals surface area contributed by atoms with Gasteiger partial charge in [0.15, 0.2) is 0 Å². The standard InChI is InChI=1S/C14H21N3O/c1-4-14(6-7-14)10-16-11-5-8-15-12(9-11)13(18)17(2)3/h5,8-9H,4,6-7,10H2,1-3H3,(H,15,16). The first-order chi connectivity index (χ1) is 8.56.